The standard InChI is InChI=1S/C18H27N3O/c1-13(16-4-3-5-17(10-16)20-14(2)22)19-11-15-8-9-21(12-15)18-6-7-18/h3-5,10,13,15,18-19H,6-9,11-12H2,1-2H3,(H,20,22). The first-order valence-electron chi connectivity index (χ1n) is 8.47. The molecule has 4 heteroatoms. The first-order chi connectivity index (χ1) is 10.6. The molecule has 1 amide bonds. The minimum Gasteiger partial charge on any atom is -0.326 e. The zero-order valence-electron chi connectivity index (χ0n) is 13.6. The van der Waals surface area contributed by atoms with Gasteiger partial charge in [-0.3, -0.25) is 4.79 Å². The molecule has 1 aromatic rings. The normalized spacial score (nSPS) is 23.5. The van der Waals surface area contributed by atoms with Crippen molar-refractivity contribution in [3.05, 3.63) is 29.8 Å². The summed E-state index contributed by atoms with van der Waals surface area (Å²) in [4.78, 5) is 13.8. The van der Waals surface area contributed by atoms with Crippen LogP contribution in [0, 0.1) is 5.92 Å². The van der Waals surface area contributed by atoms with Crippen molar-refractivity contribution in [2.45, 2.75) is 45.2 Å². The predicted octanol–water partition coefficient (Wildman–Crippen LogP) is 2.78. The molecule has 0 radical (unpaired) electrons. The van der Waals surface area contributed by atoms with Crippen LogP contribution in [0.3, 0.4) is 0 Å². The number of carbonyl (C=O) groups excluding carboxylic acids is 1. The lowest BCUT2D eigenvalue weighted by molar-refractivity contribution is -0.114. The molecular weight excluding hydrogens is 274 g/mol. The quantitative estimate of drug-likeness (QED) is 0.849. The van der Waals surface area contributed by atoms with Crippen LogP contribution in [0.25, 0.3) is 0 Å². The second kappa shape index (κ2) is 6.80. The average Bonchev–Trinajstić information content (AvgIpc) is 3.23. The van der Waals surface area contributed by atoms with E-state index in [0.717, 1.165) is 24.2 Å². The fourth-order valence-electron chi connectivity index (χ4n) is 3.35. The Kier molecular flexibility index (Phi) is 4.79. The maximum absolute atomic E-state index is 11.2. The van der Waals surface area contributed by atoms with Gasteiger partial charge >= 0.3 is 0 Å². The van der Waals surface area contributed by atoms with Crippen LogP contribution in [-0.4, -0.2) is 36.5 Å². The minimum absolute atomic E-state index is 0.0242. The van der Waals surface area contributed by atoms with E-state index in [2.05, 4.69) is 34.6 Å². The van der Waals surface area contributed by atoms with Crippen LogP contribution in [-0.2, 0) is 4.79 Å². The molecule has 120 valence electrons. The van der Waals surface area contributed by atoms with Gasteiger partial charge in [-0.1, -0.05) is 12.1 Å². The lowest BCUT2D eigenvalue weighted by atomic mass is 10.1. The number of carbonyl (C=O) groups is 1. The molecule has 0 aromatic heterocycles. The summed E-state index contributed by atoms with van der Waals surface area (Å²) in [6, 6.07) is 9.32. The summed E-state index contributed by atoms with van der Waals surface area (Å²) in [5.74, 6) is 0.755. The SMILES string of the molecule is CC(=O)Nc1cccc(C(C)NCC2CCN(C3CC3)C2)c1. The second-order valence-electron chi connectivity index (χ2n) is 6.82. The topological polar surface area (TPSA) is 44.4 Å². The molecule has 1 aliphatic carbocycles. The third-order valence-electron chi connectivity index (χ3n) is 4.80. The first-order valence-corrected chi connectivity index (χ1v) is 8.47. The third kappa shape index (κ3) is 4.08. The van der Waals surface area contributed by atoms with E-state index in [1.165, 1.54) is 37.9 Å². The summed E-state index contributed by atoms with van der Waals surface area (Å²) in [5.41, 5.74) is 2.10. The summed E-state index contributed by atoms with van der Waals surface area (Å²) in [7, 11) is 0. The van der Waals surface area contributed by atoms with Crippen molar-refractivity contribution in [3.8, 4) is 0 Å². The molecule has 2 fully saturated rings. The first kappa shape index (κ1) is 15.5. The maximum Gasteiger partial charge on any atom is 0.221 e. The molecule has 1 saturated carbocycles. The van der Waals surface area contributed by atoms with Gasteiger partial charge in [0.05, 0.1) is 0 Å². The van der Waals surface area contributed by atoms with E-state index in [4.69, 9.17) is 0 Å². The van der Waals surface area contributed by atoms with Crippen molar-refractivity contribution in [1.29, 1.82) is 0 Å². The number of amides is 1. The number of nitrogens with zero attached hydrogens (tertiary/aromatic N) is 1. The smallest absolute Gasteiger partial charge is 0.221 e. The summed E-state index contributed by atoms with van der Waals surface area (Å²) in [5, 5.41) is 6.51. The lowest BCUT2D eigenvalue weighted by Crippen LogP contribution is -2.29. The van der Waals surface area contributed by atoms with Gasteiger partial charge in [0.25, 0.3) is 0 Å². The van der Waals surface area contributed by atoms with Gasteiger partial charge < -0.3 is 15.5 Å². The van der Waals surface area contributed by atoms with E-state index in [0.29, 0.717) is 6.04 Å². The molecule has 3 rings (SSSR count). The highest BCUT2D eigenvalue weighted by Crippen LogP contribution is 2.31. The fraction of sp³-hybridized carbons (Fsp3) is 0.611. The van der Waals surface area contributed by atoms with E-state index in [1.54, 1.807) is 6.92 Å². The Morgan fingerprint density at radius 2 is 2.18 bits per heavy atom. The summed E-state index contributed by atoms with van der Waals surface area (Å²) in [6.07, 6.45) is 4.14. The Morgan fingerprint density at radius 1 is 1.36 bits per heavy atom. The van der Waals surface area contributed by atoms with Crippen molar-refractivity contribution >= 4 is 11.6 Å². The molecule has 1 heterocycles. The highest BCUT2D eigenvalue weighted by Gasteiger charge is 2.34. The van der Waals surface area contributed by atoms with Gasteiger partial charge in [-0.15, -0.1) is 0 Å². The second-order valence-corrected chi connectivity index (χ2v) is 6.82. The van der Waals surface area contributed by atoms with Crippen LogP contribution < -0.4 is 10.6 Å². The number of nitrogens with one attached hydrogen (secondary N) is 2. The molecular formula is C18H27N3O. The zero-order valence-corrected chi connectivity index (χ0v) is 13.6. The Bertz CT molecular complexity index is 527. The van der Waals surface area contributed by atoms with Gasteiger partial charge in [-0.25, -0.2) is 0 Å². The number of rotatable bonds is 6. The van der Waals surface area contributed by atoms with Crippen molar-refractivity contribution in [2.24, 2.45) is 5.92 Å². The Balaban J connectivity index is 1.49. The molecule has 1 saturated heterocycles. The molecule has 2 N–H and O–H groups in total. The fourth-order valence-corrected chi connectivity index (χ4v) is 3.35. The van der Waals surface area contributed by atoms with Gasteiger partial charge in [0.2, 0.25) is 5.91 Å². The van der Waals surface area contributed by atoms with Crippen LogP contribution in [0.15, 0.2) is 24.3 Å². The third-order valence-corrected chi connectivity index (χ3v) is 4.80. The van der Waals surface area contributed by atoms with Crippen LogP contribution >= 0.6 is 0 Å². The van der Waals surface area contributed by atoms with Crippen molar-refractivity contribution in [3.63, 3.8) is 0 Å². The minimum atomic E-state index is -0.0242. The van der Waals surface area contributed by atoms with Crippen LogP contribution in [0.5, 0.6) is 0 Å². The molecule has 2 atom stereocenters. The van der Waals surface area contributed by atoms with Crippen molar-refractivity contribution in [1.82, 2.24) is 10.2 Å². The molecule has 1 aliphatic heterocycles. The van der Waals surface area contributed by atoms with Gasteiger partial charge in [-0.2, -0.15) is 0 Å². The molecule has 22 heavy (non-hydrogen) atoms. The molecule has 2 aliphatic rings. The highest BCUT2D eigenvalue weighted by atomic mass is 16.1. The van der Waals surface area contributed by atoms with Gasteiger partial charge in [0.1, 0.15) is 0 Å². The number of benzene rings is 1. The van der Waals surface area contributed by atoms with Gasteiger partial charge in [-0.05, 0) is 62.9 Å². The maximum atomic E-state index is 11.2. The number of likely N-dealkylation sites (tertiary alicyclic amines) is 1. The lowest BCUT2D eigenvalue weighted by Gasteiger charge is -2.19. The average molecular weight is 301 g/mol. The van der Waals surface area contributed by atoms with E-state index in [9.17, 15) is 4.79 Å². The van der Waals surface area contributed by atoms with E-state index in [-0.39, 0.29) is 5.91 Å². The number of anilines is 1. The molecule has 4 nitrogen and oxygen atoms in total. The van der Waals surface area contributed by atoms with Gasteiger partial charge in [0, 0.05) is 31.2 Å². The summed E-state index contributed by atoms with van der Waals surface area (Å²) < 4.78 is 0. The van der Waals surface area contributed by atoms with E-state index >= 15 is 0 Å². The summed E-state index contributed by atoms with van der Waals surface area (Å²) >= 11 is 0. The number of hydrogen-bond donors (Lipinski definition) is 2. The van der Waals surface area contributed by atoms with Crippen molar-refractivity contribution in [2.75, 3.05) is 25.0 Å². The monoisotopic (exact) mass is 301 g/mol. The largest absolute Gasteiger partial charge is 0.326 e. The molecule has 0 bridgehead atoms. The molecule has 2 unspecified atom stereocenters. The van der Waals surface area contributed by atoms with Crippen molar-refractivity contribution < 1.29 is 4.79 Å². The van der Waals surface area contributed by atoms with Crippen LogP contribution in [0.4, 0.5) is 5.69 Å². The zero-order chi connectivity index (χ0) is 15.5. The highest BCUT2D eigenvalue weighted by molar-refractivity contribution is 5.88. The van der Waals surface area contributed by atoms with E-state index < -0.39 is 0 Å². The Labute approximate surface area is 133 Å². The molecule has 1 aromatic carbocycles. The van der Waals surface area contributed by atoms with Gasteiger partial charge in [0.15, 0.2) is 0 Å². The summed E-state index contributed by atoms with van der Waals surface area (Å²) in [6.45, 7) is 7.36. The van der Waals surface area contributed by atoms with E-state index in [1.807, 2.05) is 12.1 Å². The number of hydrogen-bond acceptors (Lipinski definition) is 3. The van der Waals surface area contributed by atoms with Crippen LogP contribution in [0.2, 0.25) is 0 Å². The Morgan fingerprint density at radius 3 is 2.91 bits per heavy atom. The molecule has 0 spiro atoms. The predicted molar refractivity (Wildman–Crippen MR) is 89.9 cm³/mol. The Hall–Kier alpha value is -1.39. The van der Waals surface area contributed by atoms with Crippen LogP contribution in [0.1, 0.15) is 44.7 Å².